The van der Waals surface area contributed by atoms with Crippen LogP contribution in [0, 0.1) is 5.41 Å². The molecule has 2 aliphatic rings. The zero-order chi connectivity index (χ0) is 31.4. The molecule has 3 atom stereocenters. The first kappa shape index (κ1) is 32.8. The van der Waals surface area contributed by atoms with Crippen LogP contribution in [-0.4, -0.2) is 83.3 Å². The molecule has 1 saturated carbocycles. The molecule has 2 fully saturated rings. The van der Waals surface area contributed by atoms with Crippen LogP contribution in [0.4, 0.5) is 0 Å². The Morgan fingerprint density at radius 1 is 0.930 bits per heavy atom. The van der Waals surface area contributed by atoms with Crippen molar-refractivity contribution in [2.24, 2.45) is 5.73 Å². The van der Waals surface area contributed by atoms with Gasteiger partial charge in [-0.05, 0) is 31.2 Å². The number of rotatable bonds is 8. The molecule has 0 aromatic heterocycles. The summed E-state index contributed by atoms with van der Waals surface area (Å²) in [5, 5.41) is 32.3. The standard InChI is InChI=1S/C28H40N8O7/c29-27(30)31-13-7-10-18-25(42)36-28(11-5-2-6-12-28)26(43)35-19(14-17-8-3-1-4-9-17)24(41)34-20(15-22(38)39)23(40)32-16-21(37)33-18/h1,3-4,8-9,18-20H,2,5-7,10-16H2,(H,32,40)(H,33,37)(H,34,41)(H,35,43)(H,36,42)(H,38,39)(H4,29,30,31)/t18-,19+,20-/m0/s1. The second-order valence-corrected chi connectivity index (χ2v) is 10.8. The summed E-state index contributed by atoms with van der Waals surface area (Å²) in [6.45, 7) is -0.334. The number of aliphatic carboxylic acids is 1. The molecular formula is C28H40N8O7. The van der Waals surface area contributed by atoms with Gasteiger partial charge in [0.1, 0.15) is 23.7 Å². The Bertz CT molecular complexity index is 1200. The fourth-order valence-corrected chi connectivity index (χ4v) is 5.23. The molecule has 1 heterocycles. The van der Waals surface area contributed by atoms with Gasteiger partial charge in [0, 0.05) is 13.0 Å². The fraction of sp³-hybridized carbons (Fsp3) is 0.536. The Balaban J connectivity index is 1.97. The average Bonchev–Trinajstić information content (AvgIpc) is 2.96. The molecule has 1 aliphatic heterocycles. The minimum atomic E-state index is -1.53. The minimum absolute atomic E-state index is 0.0374. The van der Waals surface area contributed by atoms with E-state index >= 15 is 0 Å². The smallest absolute Gasteiger partial charge is 0.305 e. The van der Waals surface area contributed by atoms with E-state index in [2.05, 4.69) is 31.9 Å². The summed E-state index contributed by atoms with van der Waals surface area (Å²) in [5.41, 5.74) is 4.67. The van der Waals surface area contributed by atoms with Crippen molar-refractivity contribution in [2.75, 3.05) is 13.1 Å². The number of amides is 5. The molecule has 0 bridgehead atoms. The van der Waals surface area contributed by atoms with E-state index in [9.17, 15) is 33.9 Å². The third kappa shape index (κ3) is 9.97. The van der Waals surface area contributed by atoms with E-state index in [0.29, 0.717) is 37.7 Å². The predicted molar refractivity (Wildman–Crippen MR) is 154 cm³/mol. The second kappa shape index (κ2) is 15.5. The summed E-state index contributed by atoms with van der Waals surface area (Å²) in [6.07, 6.45) is 2.47. The zero-order valence-electron chi connectivity index (χ0n) is 23.9. The lowest BCUT2D eigenvalue weighted by molar-refractivity contribution is -0.141. The third-order valence-electron chi connectivity index (χ3n) is 7.48. The molecule has 43 heavy (non-hydrogen) atoms. The van der Waals surface area contributed by atoms with Crippen LogP contribution in [0.25, 0.3) is 0 Å². The van der Waals surface area contributed by atoms with Gasteiger partial charge in [-0.1, -0.05) is 49.6 Å². The highest BCUT2D eigenvalue weighted by Crippen LogP contribution is 2.29. The molecule has 1 aromatic carbocycles. The van der Waals surface area contributed by atoms with Gasteiger partial charge in [0.2, 0.25) is 29.5 Å². The van der Waals surface area contributed by atoms with E-state index in [-0.39, 0.29) is 25.3 Å². The number of carboxylic acids is 1. The Kier molecular flexibility index (Phi) is 11.8. The van der Waals surface area contributed by atoms with E-state index in [1.54, 1.807) is 30.3 Å². The fourth-order valence-electron chi connectivity index (χ4n) is 5.23. The first-order valence-electron chi connectivity index (χ1n) is 14.3. The molecule has 1 aliphatic carbocycles. The maximum Gasteiger partial charge on any atom is 0.305 e. The van der Waals surface area contributed by atoms with Gasteiger partial charge in [0.05, 0.1) is 13.0 Å². The van der Waals surface area contributed by atoms with Crippen molar-refractivity contribution in [1.82, 2.24) is 31.9 Å². The summed E-state index contributed by atoms with van der Waals surface area (Å²) in [7, 11) is 0. The minimum Gasteiger partial charge on any atom is -0.481 e. The number of guanidine groups is 1. The number of nitrogens with one attached hydrogen (secondary N) is 7. The van der Waals surface area contributed by atoms with Crippen LogP contribution >= 0.6 is 0 Å². The van der Waals surface area contributed by atoms with Crippen LogP contribution in [-0.2, 0) is 35.2 Å². The SMILES string of the molecule is N=C(N)NCCC[C@@H]1NC(=O)CNC(=O)[C@H](CC(=O)O)NC(=O)[C@@H](Cc2ccccc2)NC(=O)C2(CCCCC2)NC1=O. The summed E-state index contributed by atoms with van der Waals surface area (Å²) in [4.78, 5) is 78.2. The van der Waals surface area contributed by atoms with Crippen molar-refractivity contribution in [3.05, 3.63) is 35.9 Å². The van der Waals surface area contributed by atoms with Crippen LogP contribution in [0.3, 0.4) is 0 Å². The normalized spacial score (nSPS) is 23.3. The van der Waals surface area contributed by atoms with Crippen LogP contribution in [0.2, 0.25) is 0 Å². The van der Waals surface area contributed by atoms with Crippen molar-refractivity contribution in [2.45, 2.75) is 81.5 Å². The molecule has 0 radical (unpaired) electrons. The maximum absolute atomic E-state index is 13.9. The quantitative estimate of drug-likeness (QED) is 0.0943. The van der Waals surface area contributed by atoms with E-state index in [0.717, 1.165) is 6.42 Å². The third-order valence-corrected chi connectivity index (χ3v) is 7.48. The van der Waals surface area contributed by atoms with Gasteiger partial charge in [-0.3, -0.25) is 34.2 Å². The van der Waals surface area contributed by atoms with Crippen LogP contribution < -0.4 is 37.6 Å². The first-order chi connectivity index (χ1) is 20.5. The van der Waals surface area contributed by atoms with Gasteiger partial charge >= 0.3 is 5.97 Å². The molecule has 5 amide bonds. The number of hydrogen-bond donors (Lipinski definition) is 9. The maximum atomic E-state index is 13.9. The van der Waals surface area contributed by atoms with E-state index in [1.165, 1.54) is 0 Å². The van der Waals surface area contributed by atoms with Crippen molar-refractivity contribution in [3.63, 3.8) is 0 Å². The summed E-state index contributed by atoms with van der Waals surface area (Å²) in [6, 6.07) is 5.02. The highest BCUT2D eigenvalue weighted by molar-refractivity contribution is 5.99. The zero-order valence-corrected chi connectivity index (χ0v) is 23.9. The molecule has 15 nitrogen and oxygen atoms in total. The molecule has 1 aromatic rings. The van der Waals surface area contributed by atoms with Crippen molar-refractivity contribution < 1.29 is 33.9 Å². The largest absolute Gasteiger partial charge is 0.481 e. The number of carbonyl (C=O) groups excluding carboxylic acids is 5. The molecule has 1 saturated heterocycles. The van der Waals surface area contributed by atoms with Crippen molar-refractivity contribution in [1.29, 1.82) is 5.41 Å². The molecule has 10 N–H and O–H groups in total. The number of nitrogens with two attached hydrogens (primary N) is 1. The summed E-state index contributed by atoms with van der Waals surface area (Å²) >= 11 is 0. The van der Waals surface area contributed by atoms with Crippen molar-refractivity contribution in [3.8, 4) is 0 Å². The lowest BCUT2D eigenvalue weighted by Crippen LogP contribution is -2.65. The Morgan fingerprint density at radius 2 is 1.63 bits per heavy atom. The molecule has 234 valence electrons. The molecule has 0 unspecified atom stereocenters. The van der Waals surface area contributed by atoms with Gasteiger partial charge < -0.3 is 42.7 Å². The summed E-state index contributed by atoms with van der Waals surface area (Å²) < 4.78 is 0. The molecule has 3 rings (SSSR count). The Morgan fingerprint density at radius 3 is 2.28 bits per heavy atom. The Labute approximate surface area is 249 Å². The molecular weight excluding hydrogens is 560 g/mol. The van der Waals surface area contributed by atoms with Crippen LogP contribution in [0.1, 0.15) is 56.9 Å². The number of carboxylic acid groups (broad SMARTS) is 1. The van der Waals surface area contributed by atoms with Crippen LogP contribution in [0.15, 0.2) is 30.3 Å². The second-order valence-electron chi connectivity index (χ2n) is 10.8. The van der Waals surface area contributed by atoms with Gasteiger partial charge in [0.15, 0.2) is 5.96 Å². The number of carbonyl (C=O) groups is 6. The first-order valence-corrected chi connectivity index (χ1v) is 14.3. The average molecular weight is 601 g/mol. The van der Waals surface area contributed by atoms with Gasteiger partial charge in [-0.2, -0.15) is 0 Å². The topological polar surface area (TPSA) is 245 Å². The monoisotopic (exact) mass is 600 g/mol. The summed E-state index contributed by atoms with van der Waals surface area (Å²) in [5.74, 6) is -5.24. The van der Waals surface area contributed by atoms with Gasteiger partial charge in [-0.25, -0.2) is 0 Å². The highest BCUT2D eigenvalue weighted by Gasteiger charge is 2.44. The number of benzene rings is 1. The van der Waals surface area contributed by atoms with Crippen molar-refractivity contribution >= 4 is 41.5 Å². The Hall–Kier alpha value is -4.69. The van der Waals surface area contributed by atoms with E-state index in [1.807, 2.05) is 0 Å². The van der Waals surface area contributed by atoms with E-state index in [4.69, 9.17) is 11.1 Å². The van der Waals surface area contributed by atoms with E-state index < -0.39 is 72.1 Å². The van der Waals surface area contributed by atoms with Crippen LogP contribution in [0.5, 0.6) is 0 Å². The van der Waals surface area contributed by atoms with Gasteiger partial charge in [0.25, 0.3) is 0 Å². The predicted octanol–water partition coefficient (Wildman–Crippen LogP) is -1.63. The molecule has 15 heteroatoms. The number of hydrogen-bond acceptors (Lipinski definition) is 7. The molecule has 1 spiro atoms. The van der Waals surface area contributed by atoms with Gasteiger partial charge in [-0.15, -0.1) is 0 Å². The lowest BCUT2D eigenvalue weighted by Gasteiger charge is -2.38. The lowest BCUT2D eigenvalue weighted by atomic mass is 9.80. The highest BCUT2D eigenvalue weighted by atomic mass is 16.4.